The number of aromatic amines is 1. The predicted molar refractivity (Wildman–Crippen MR) is 252 cm³/mol. The SMILES string of the molecule is Cc1cc(C)cc(-c2[nH]nc(OCC(C)(C)C(=O)N3C4CCC3CC4)c2[C@H](C)CN(CCc2ccc(NC(=O)C3CCCC3)cc2)S(=O)(=O)c2cccc3cccc(N(C)C)c23)c1. The summed E-state index contributed by atoms with van der Waals surface area (Å²) in [5.41, 5.74) is 6.35. The second-order valence-corrected chi connectivity index (χ2v) is 21.2. The first-order chi connectivity index (χ1) is 30.1. The highest BCUT2D eigenvalue weighted by Gasteiger charge is 2.47. The van der Waals surface area contributed by atoms with Gasteiger partial charge in [-0.05, 0) is 120 Å². The molecule has 0 spiro atoms. The van der Waals surface area contributed by atoms with Crippen LogP contribution in [0.4, 0.5) is 11.4 Å². The summed E-state index contributed by atoms with van der Waals surface area (Å²) < 4.78 is 38.9. The van der Waals surface area contributed by atoms with E-state index in [0.717, 1.165) is 102 Å². The number of aryl methyl sites for hydroxylation is 2. The lowest BCUT2D eigenvalue weighted by atomic mass is 9.92. The average Bonchev–Trinajstić information content (AvgIpc) is 4.09. The van der Waals surface area contributed by atoms with E-state index in [1.807, 2.05) is 94.4 Å². The number of aromatic nitrogens is 2. The van der Waals surface area contributed by atoms with Crippen LogP contribution in [-0.4, -0.2) is 85.5 Å². The Bertz CT molecular complexity index is 2530. The number of sulfonamides is 1. The second kappa shape index (κ2) is 18.1. The molecule has 8 rings (SSSR count). The van der Waals surface area contributed by atoms with Gasteiger partial charge in [-0.2, -0.15) is 4.31 Å². The summed E-state index contributed by atoms with van der Waals surface area (Å²) in [6.45, 7) is 10.5. The Morgan fingerprint density at radius 2 is 1.54 bits per heavy atom. The number of hydrogen-bond donors (Lipinski definition) is 2. The zero-order valence-corrected chi connectivity index (χ0v) is 38.9. The minimum Gasteiger partial charge on any atom is -0.475 e. The molecule has 2 bridgehead atoms. The fourth-order valence-corrected chi connectivity index (χ4v) is 12.1. The van der Waals surface area contributed by atoms with Crippen molar-refractivity contribution >= 4 is 44.0 Å². The molecule has 5 aromatic rings. The molecule has 12 heteroatoms. The van der Waals surface area contributed by atoms with Crippen molar-refractivity contribution in [3.05, 3.63) is 101 Å². The molecule has 1 aliphatic carbocycles. The van der Waals surface area contributed by atoms with Crippen molar-refractivity contribution < 1.29 is 22.7 Å². The number of anilines is 2. The number of carbonyl (C=O) groups is 2. The van der Waals surface area contributed by atoms with Crippen LogP contribution in [0.15, 0.2) is 83.8 Å². The van der Waals surface area contributed by atoms with Gasteiger partial charge >= 0.3 is 0 Å². The minimum atomic E-state index is -4.11. The highest BCUT2D eigenvalue weighted by Crippen LogP contribution is 2.42. The maximum absolute atomic E-state index is 15.4. The molecule has 2 aliphatic heterocycles. The van der Waals surface area contributed by atoms with Crippen molar-refractivity contribution in [3.8, 4) is 17.1 Å². The Balaban J connectivity index is 1.13. The van der Waals surface area contributed by atoms with Crippen molar-refractivity contribution in [1.29, 1.82) is 0 Å². The van der Waals surface area contributed by atoms with Gasteiger partial charge in [0.15, 0.2) is 0 Å². The van der Waals surface area contributed by atoms with Crippen LogP contribution >= 0.6 is 0 Å². The largest absolute Gasteiger partial charge is 0.475 e. The van der Waals surface area contributed by atoms with E-state index in [4.69, 9.17) is 9.84 Å². The van der Waals surface area contributed by atoms with Gasteiger partial charge < -0.3 is 19.9 Å². The van der Waals surface area contributed by atoms with Gasteiger partial charge in [-0.15, -0.1) is 5.10 Å². The molecule has 2 amide bonds. The number of hydrogen-bond acceptors (Lipinski definition) is 7. The molecule has 2 N–H and O–H groups in total. The lowest BCUT2D eigenvalue weighted by Gasteiger charge is -2.32. The molecule has 1 atom stereocenters. The molecule has 0 radical (unpaired) electrons. The Hall–Kier alpha value is -5.20. The maximum Gasteiger partial charge on any atom is 0.243 e. The molecular weight excluding hydrogens is 809 g/mol. The van der Waals surface area contributed by atoms with Gasteiger partial charge in [0.2, 0.25) is 27.7 Å². The lowest BCUT2D eigenvalue weighted by Crippen LogP contribution is -2.46. The molecule has 2 saturated heterocycles. The first-order valence-electron chi connectivity index (χ1n) is 22.8. The van der Waals surface area contributed by atoms with Crippen LogP contribution in [0.2, 0.25) is 0 Å². The van der Waals surface area contributed by atoms with E-state index in [9.17, 15) is 9.59 Å². The number of benzene rings is 4. The zero-order valence-electron chi connectivity index (χ0n) is 38.0. The summed E-state index contributed by atoms with van der Waals surface area (Å²) in [5, 5.41) is 12.6. The molecule has 1 aromatic heterocycles. The number of H-pyrrole nitrogens is 1. The fraction of sp³-hybridized carbons (Fsp3) is 0.471. The number of ether oxygens (including phenoxy) is 1. The Kier molecular flexibility index (Phi) is 12.8. The highest BCUT2D eigenvalue weighted by molar-refractivity contribution is 7.89. The smallest absolute Gasteiger partial charge is 0.243 e. The van der Waals surface area contributed by atoms with E-state index in [1.54, 1.807) is 10.4 Å². The third-order valence-corrected chi connectivity index (χ3v) is 15.5. The van der Waals surface area contributed by atoms with Gasteiger partial charge in [0.25, 0.3) is 0 Å². The molecule has 0 unspecified atom stereocenters. The Morgan fingerprint density at radius 1 is 0.905 bits per heavy atom. The number of carbonyl (C=O) groups excluding carboxylic acids is 2. The van der Waals surface area contributed by atoms with Crippen molar-refractivity contribution in [1.82, 2.24) is 19.4 Å². The van der Waals surface area contributed by atoms with Crippen LogP contribution in [0.1, 0.15) is 100 Å². The van der Waals surface area contributed by atoms with E-state index >= 15 is 8.42 Å². The monoisotopic (exact) mass is 872 g/mol. The van der Waals surface area contributed by atoms with E-state index in [-0.39, 0.29) is 42.3 Å². The van der Waals surface area contributed by atoms with Crippen molar-refractivity contribution in [2.24, 2.45) is 11.3 Å². The summed E-state index contributed by atoms with van der Waals surface area (Å²) in [6.07, 6.45) is 8.72. The third-order valence-electron chi connectivity index (χ3n) is 13.6. The van der Waals surface area contributed by atoms with E-state index in [0.29, 0.717) is 29.8 Å². The Morgan fingerprint density at radius 3 is 2.17 bits per heavy atom. The quantitative estimate of drug-likeness (QED) is 0.101. The molecule has 1 saturated carbocycles. The average molecular weight is 873 g/mol. The zero-order chi connectivity index (χ0) is 44.6. The summed E-state index contributed by atoms with van der Waals surface area (Å²) in [7, 11) is -0.255. The molecule has 3 fully saturated rings. The molecule has 63 heavy (non-hydrogen) atoms. The van der Waals surface area contributed by atoms with Gasteiger partial charge in [0.1, 0.15) is 6.61 Å². The topological polar surface area (TPSA) is 128 Å². The molecule has 3 heterocycles. The van der Waals surface area contributed by atoms with Crippen molar-refractivity contribution in [2.45, 2.75) is 115 Å². The van der Waals surface area contributed by atoms with Crippen LogP contribution in [0.5, 0.6) is 5.88 Å². The normalized spacial score (nSPS) is 18.4. The van der Waals surface area contributed by atoms with Gasteiger partial charge in [-0.25, -0.2) is 8.42 Å². The number of nitrogens with zero attached hydrogens (tertiary/aromatic N) is 4. The Labute approximate surface area is 373 Å². The van der Waals surface area contributed by atoms with Gasteiger partial charge in [-0.3, -0.25) is 14.7 Å². The van der Waals surface area contributed by atoms with E-state index in [1.165, 1.54) is 0 Å². The first-order valence-corrected chi connectivity index (χ1v) is 24.3. The van der Waals surface area contributed by atoms with Crippen LogP contribution in [0, 0.1) is 25.2 Å². The van der Waals surface area contributed by atoms with Gasteiger partial charge in [0, 0.05) is 79.0 Å². The van der Waals surface area contributed by atoms with Crippen LogP contribution in [0.25, 0.3) is 22.0 Å². The van der Waals surface area contributed by atoms with Gasteiger partial charge in [0.05, 0.1) is 16.0 Å². The number of rotatable bonds is 16. The van der Waals surface area contributed by atoms with Crippen LogP contribution in [-0.2, 0) is 26.0 Å². The highest BCUT2D eigenvalue weighted by atomic mass is 32.2. The van der Waals surface area contributed by atoms with Crippen LogP contribution < -0.4 is 15.0 Å². The van der Waals surface area contributed by atoms with Crippen molar-refractivity contribution in [2.75, 3.05) is 44.0 Å². The number of nitrogens with one attached hydrogen (secondary N) is 2. The van der Waals surface area contributed by atoms with Crippen molar-refractivity contribution in [3.63, 3.8) is 0 Å². The first kappa shape index (κ1) is 44.4. The lowest BCUT2D eigenvalue weighted by molar-refractivity contribution is -0.143. The van der Waals surface area contributed by atoms with E-state index < -0.39 is 21.4 Å². The molecule has 4 aromatic carbocycles. The standard InChI is InChI=1S/C51H64N6O5S/c1-33-28-34(2)30-39(29-33)47-45(49(54-53-47)62-32-51(4,5)50(59)57-41-22-23-42(57)25-24-41)35(3)31-56(27-26-36-18-20-40(21-19-36)52-48(58)38-12-8-9-13-38)63(60,61)44-17-11-15-37-14-10-16-43(46(37)44)55(6)7/h10-11,14-21,28-30,35,38,41-42H,8-9,12-13,22-27,31-32H2,1-7H3,(H,52,58)(H,53,54)/t35-,41?,42?/m1/s1. The van der Waals surface area contributed by atoms with E-state index in [2.05, 4.69) is 47.4 Å². The third kappa shape index (κ3) is 9.25. The fourth-order valence-electron chi connectivity index (χ4n) is 10.3. The molecule has 3 aliphatic rings. The summed E-state index contributed by atoms with van der Waals surface area (Å²) in [5.74, 6) is 0.211. The minimum absolute atomic E-state index is 0.0584. The molecular formula is C51H64N6O5S. The molecule has 334 valence electrons. The van der Waals surface area contributed by atoms with Crippen LogP contribution in [0.3, 0.4) is 0 Å². The summed E-state index contributed by atoms with van der Waals surface area (Å²) in [4.78, 5) is 31.2. The predicted octanol–water partition coefficient (Wildman–Crippen LogP) is 9.64. The van der Waals surface area contributed by atoms with Gasteiger partial charge in [-0.1, -0.05) is 73.4 Å². The number of fused-ring (bicyclic) bond motifs is 3. The molecule has 11 nitrogen and oxygen atoms in total. The summed E-state index contributed by atoms with van der Waals surface area (Å²) >= 11 is 0. The maximum atomic E-state index is 15.4. The second-order valence-electron chi connectivity index (χ2n) is 19.2. The number of amides is 2. The summed E-state index contributed by atoms with van der Waals surface area (Å²) in [6, 6.07) is 26.0.